The highest BCUT2D eigenvalue weighted by Gasteiger charge is 2.24. The molecule has 2 rings (SSSR count). The molecule has 1 unspecified atom stereocenters. The molecule has 0 aliphatic carbocycles. The normalized spacial score (nSPS) is 13.4. The maximum atomic E-state index is 11.9. The fourth-order valence-electron chi connectivity index (χ4n) is 1.71. The average molecular weight is 508 g/mol. The van der Waals surface area contributed by atoms with Crippen molar-refractivity contribution in [1.82, 2.24) is 14.6 Å². The van der Waals surface area contributed by atoms with Gasteiger partial charge in [-0.2, -0.15) is 0 Å². The number of hydrogen-bond acceptors (Lipinski definition) is 11. The summed E-state index contributed by atoms with van der Waals surface area (Å²) in [6, 6.07) is 1.48. The molecule has 0 saturated carbocycles. The molecule has 2 aromatic heterocycles. The van der Waals surface area contributed by atoms with Crippen LogP contribution in [0.25, 0.3) is 11.2 Å². The minimum Gasteiger partial charge on any atom is -0.406 e. The molecule has 11 nitrogen and oxygen atoms in total. The van der Waals surface area contributed by atoms with E-state index in [0.717, 1.165) is 22.8 Å². The molecular weight excluding hydrogens is 488 g/mol. The first-order valence-electron chi connectivity index (χ1n) is 7.54. The standard InChI is InChI=1S/C9H10ClN2O5PS.C4H10NO3PS/c1-15-18(14,16-2)19-5-12-8-7(17-9(12)13)3-6(10)4-11-8;1-4(6)5-9(7,8-2)10-3/h3-4H,5H2,1-2H3;1-3H3,(H,5,6,7). The molecule has 2 aromatic rings. The zero-order valence-corrected chi connectivity index (χ0v) is 20.3. The second-order valence-corrected chi connectivity index (χ2v) is 14.1. The number of aromatic nitrogens is 2. The van der Waals surface area contributed by atoms with Gasteiger partial charge in [-0.15, -0.1) is 0 Å². The highest BCUT2D eigenvalue weighted by atomic mass is 35.5. The van der Waals surface area contributed by atoms with Gasteiger partial charge in [-0.25, -0.2) is 18.9 Å². The van der Waals surface area contributed by atoms with Gasteiger partial charge < -0.3 is 18.0 Å². The Kier molecular flexibility index (Phi) is 10.5. The van der Waals surface area contributed by atoms with Crippen LogP contribution in [0.15, 0.2) is 21.5 Å². The van der Waals surface area contributed by atoms with Crippen molar-refractivity contribution in [2.24, 2.45) is 0 Å². The molecule has 16 heteroatoms. The Balaban J connectivity index is 0.000000359. The smallest absolute Gasteiger partial charge is 0.406 e. The number of carbonyl (C=O) groups excluding carboxylic acids is 1. The quantitative estimate of drug-likeness (QED) is 0.519. The number of carbonyl (C=O) groups is 1. The van der Waals surface area contributed by atoms with Gasteiger partial charge >= 0.3 is 19.3 Å². The maximum absolute atomic E-state index is 11.9. The highest BCUT2D eigenvalue weighted by molar-refractivity contribution is 8.55. The zero-order chi connectivity index (χ0) is 22.2. The summed E-state index contributed by atoms with van der Waals surface area (Å²) < 4.78 is 43.4. The van der Waals surface area contributed by atoms with Crippen LogP contribution in [-0.2, 0) is 33.4 Å². The third kappa shape index (κ3) is 7.76. The van der Waals surface area contributed by atoms with Gasteiger partial charge in [0, 0.05) is 40.5 Å². The van der Waals surface area contributed by atoms with Crippen molar-refractivity contribution >= 4 is 65.0 Å². The van der Waals surface area contributed by atoms with Crippen LogP contribution in [0.1, 0.15) is 6.92 Å². The van der Waals surface area contributed by atoms with Gasteiger partial charge in [-0.3, -0.25) is 14.4 Å². The van der Waals surface area contributed by atoms with Crippen molar-refractivity contribution in [2.75, 3.05) is 27.6 Å². The van der Waals surface area contributed by atoms with E-state index in [1.165, 1.54) is 45.1 Å². The number of pyridine rings is 1. The van der Waals surface area contributed by atoms with Crippen LogP contribution in [0.2, 0.25) is 5.02 Å². The fourth-order valence-corrected chi connectivity index (χ4v) is 5.93. The first kappa shape index (κ1) is 26.3. The van der Waals surface area contributed by atoms with Crippen LogP contribution in [0, 0.1) is 0 Å². The van der Waals surface area contributed by atoms with Crippen molar-refractivity contribution in [1.29, 1.82) is 0 Å². The van der Waals surface area contributed by atoms with Crippen LogP contribution < -0.4 is 10.8 Å². The van der Waals surface area contributed by atoms with Gasteiger partial charge in [-0.1, -0.05) is 23.0 Å². The van der Waals surface area contributed by atoms with E-state index in [1.54, 1.807) is 6.26 Å². The van der Waals surface area contributed by atoms with Crippen LogP contribution >= 0.6 is 47.9 Å². The number of nitrogens with zero attached hydrogens (tertiary/aromatic N) is 2. The molecule has 0 fully saturated rings. The molecule has 29 heavy (non-hydrogen) atoms. The molecule has 0 radical (unpaired) electrons. The van der Waals surface area contributed by atoms with E-state index in [2.05, 4.69) is 14.6 Å². The average Bonchev–Trinajstić information content (AvgIpc) is 3.00. The SMILES string of the molecule is COP(=O)(NC(C)=O)SC.COP(=O)(OC)SCn1c(=O)oc2cc(Cl)cnc21. The predicted octanol–water partition coefficient (Wildman–Crippen LogP) is 3.97. The molecule has 0 saturated heterocycles. The largest absolute Gasteiger partial charge is 0.421 e. The third-order valence-corrected chi connectivity index (χ3v) is 10.7. The van der Waals surface area contributed by atoms with Crippen molar-refractivity contribution in [3.8, 4) is 0 Å². The summed E-state index contributed by atoms with van der Waals surface area (Å²) in [5, 5.41) is 2.57. The molecule has 0 aliphatic heterocycles. The van der Waals surface area contributed by atoms with Crippen LogP contribution in [-0.4, -0.2) is 43.0 Å². The highest BCUT2D eigenvalue weighted by Crippen LogP contribution is 2.59. The Morgan fingerprint density at radius 3 is 2.38 bits per heavy atom. The first-order chi connectivity index (χ1) is 13.5. The molecule has 0 aliphatic rings. The summed E-state index contributed by atoms with van der Waals surface area (Å²) in [7, 11) is 3.84. The van der Waals surface area contributed by atoms with E-state index in [4.69, 9.17) is 25.1 Å². The summed E-state index contributed by atoms with van der Waals surface area (Å²) in [5.74, 6) is -0.935. The maximum Gasteiger partial charge on any atom is 0.421 e. The lowest BCUT2D eigenvalue weighted by molar-refractivity contribution is -0.117. The monoisotopic (exact) mass is 507 g/mol. The number of rotatable bonds is 8. The lowest BCUT2D eigenvalue weighted by atomic mass is 10.4. The lowest BCUT2D eigenvalue weighted by Gasteiger charge is -2.11. The molecule has 2 heterocycles. The van der Waals surface area contributed by atoms with E-state index in [0.29, 0.717) is 10.7 Å². The van der Waals surface area contributed by atoms with Crippen molar-refractivity contribution in [2.45, 2.75) is 12.8 Å². The second kappa shape index (κ2) is 11.6. The number of fused-ring (bicyclic) bond motifs is 1. The molecule has 0 spiro atoms. The minimum absolute atomic E-state index is 0.0272. The topological polar surface area (TPSA) is 139 Å². The van der Waals surface area contributed by atoms with Gasteiger partial charge in [0.05, 0.1) is 10.9 Å². The molecule has 1 N–H and O–H groups in total. The number of oxazole rings is 1. The van der Waals surface area contributed by atoms with E-state index < -0.39 is 19.3 Å². The van der Waals surface area contributed by atoms with Crippen molar-refractivity contribution in [3.05, 3.63) is 27.8 Å². The molecule has 1 amide bonds. The summed E-state index contributed by atoms with van der Waals surface area (Å²) in [4.78, 5) is 26.1. The number of nitrogens with one attached hydrogen (secondary N) is 1. The van der Waals surface area contributed by atoms with Crippen LogP contribution in [0.3, 0.4) is 0 Å². The molecule has 0 bridgehead atoms. The Labute approximate surface area is 179 Å². The van der Waals surface area contributed by atoms with Crippen molar-refractivity contribution in [3.63, 3.8) is 0 Å². The summed E-state index contributed by atoms with van der Waals surface area (Å²) in [6.07, 6.45) is 3.01. The fraction of sp³-hybridized carbons (Fsp3) is 0.462. The summed E-state index contributed by atoms with van der Waals surface area (Å²) >= 11 is 7.61. The minimum atomic E-state index is -3.27. The Morgan fingerprint density at radius 1 is 1.31 bits per heavy atom. The van der Waals surface area contributed by atoms with E-state index >= 15 is 0 Å². The molecule has 164 valence electrons. The summed E-state index contributed by atoms with van der Waals surface area (Å²) in [6.45, 7) is -4.89. The first-order valence-corrected chi connectivity index (χ1v) is 14.5. The van der Waals surface area contributed by atoms with Gasteiger partial charge in [0.1, 0.15) is 0 Å². The van der Waals surface area contributed by atoms with Gasteiger partial charge in [0.25, 0.3) is 0 Å². The Bertz CT molecular complexity index is 982. The van der Waals surface area contributed by atoms with Crippen LogP contribution in [0.4, 0.5) is 0 Å². The van der Waals surface area contributed by atoms with Gasteiger partial charge in [0.2, 0.25) is 5.91 Å². The second-order valence-electron chi connectivity index (χ2n) is 4.87. The van der Waals surface area contributed by atoms with Gasteiger partial charge in [-0.05, 0) is 17.6 Å². The number of amides is 1. The molecular formula is C13H20ClN3O8P2S2. The van der Waals surface area contributed by atoms with Crippen LogP contribution in [0.5, 0.6) is 0 Å². The third-order valence-electron chi connectivity index (χ3n) is 3.04. The Morgan fingerprint density at radius 2 is 1.93 bits per heavy atom. The predicted molar refractivity (Wildman–Crippen MR) is 114 cm³/mol. The lowest BCUT2D eigenvalue weighted by Crippen LogP contribution is -2.15. The summed E-state index contributed by atoms with van der Waals surface area (Å²) in [5.41, 5.74) is 0.587. The molecule has 1 atom stereocenters. The van der Waals surface area contributed by atoms with E-state index in [1.807, 2.05) is 0 Å². The van der Waals surface area contributed by atoms with Crippen molar-refractivity contribution < 1.29 is 31.9 Å². The van der Waals surface area contributed by atoms with Gasteiger partial charge in [0.15, 0.2) is 11.2 Å². The van der Waals surface area contributed by atoms with E-state index in [9.17, 15) is 18.7 Å². The Hall–Kier alpha value is -0.780. The molecule has 0 aromatic carbocycles. The zero-order valence-electron chi connectivity index (χ0n) is 16.1. The number of halogens is 1. The number of hydrogen-bond donors (Lipinski definition) is 1. The van der Waals surface area contributed by atoms with E-state index in [-0.39, 0.29) is 17.4 Å².